The van der Waals surface area contributed by atoms with Gasteiger partial charge in [-0.25, -0.2) is 9.37 Å². The molecule has 0 fully saturated rings. The Kier molecular flexibility index (Phi) is 6.14. The second-order valence-electron chi connectivity index (χ2n) is 6.56. The van der Waals surface area contributed by atoms with Crippen molar-refractivity contribution in [1.29, 1.82) is 0 Å². The molecule has 1 aliphatic rings. The number of aromatic nitrogens is 1. The number of hydrogen-bond donors (Lipinski definition) is 0. The lowest BCUT2D eigenvalue weighted by molar-refractivity contribution is -0.142. The lowest BCUT2D eigenvalue weighted by atomic mass is 10.0. The Morgan fingerprint density at radius 3 is 2.71 bits per heavy atom. The van der Waals surface area contributed by atoms with Gasteiger partial charge in [0.1, 0.15) is 30.6 Å². The zero-order chi connectivity index (χ0) is 20.3. The Morgan fingerprint density at radius 1 is 1.36 bits per heavy atom. The maximum Gasteiger partial charge on any atom is 0.303 e. The Bertz CT molecular complexity index is 889. The molecule has 6 nitrogen and oxygen atoms in total. The zero-order valence-corrected chi connectivity index (χ0v) is 16.3. The molecule has 0 bridgehead atoms. The highest BCUT2D eigenvalue weighted by molar-refractivity contribution is 6.29. The molecular formula is C20H20ClFN2O4. The SMILES string of the molecule is CC(=O)OCc1nc2c(cc1Cc1ccc(F)cc1)N(C(=O)CCl)[C@@H](C)CO2. The molecule has 2 aromatic rings. The van der Waals surface area contributed by atoms with Crippen LogP contribution in [0, 0.1) is 5.82 Å². The highest BCUT2D eigenvalue weighted by Gasteiger charge is 2.31. The van der Waals surface area contributed by atoms with Crippen molar-refractivity contribution in [2.24, 2.45) is 0 Å². The molecule has 0 spiro atoms. The molecule has 148 valence electrons. The molecule has 1 aliphatic heterocycles. The third-order valence-corrected chi connectivity index (χ3v) is 4.63. The number of benzene rings is 1. The summed E-state index contributed by atoms with van der Waals surface area (Å²) < 4.78 is 24.0. The second kappa shape index (κ2) is 8.56. The highest BCUT2D eigenvalue weighted by Crippen LogP contribution is 2.35. The number of carbonyl (C=O) groups excluding carboxylic acids is 2. The summed E-state index contributed by atoms with van der Waals surface area (Å²) in [6.07, 6.45) is 0.425. The van der Waals surface area contributed by atoms with Gasteiger partial charge in [0.05, 0.1) is 11.7 Å². The number of nitrogens with zero attached hydrogens (tertiary/aromatic N) is 2. The van der Waals surface area contributed by atoms with Crippen molar-refractivity contribution in [3.8, 4) is 5.88 Å². The van der Waals surface area contributed by atoms with Gasteiger partial charge in [-0.1, -0.05) is 12.1 Å². The van der Waals surface area contributed by atoms with E-state index in [-0.39, 0.29) is 36.9 Å². The first kappa shape index (κ1) is 20.1. The van der Waals surface area contributed by atoms with Crippen LogP contribution >= 0.6 is 11.6 Å². The fraction of sp³-hybridized carbons (Fsp3) is 0.350. The predicted molar refractivity (Wildman–Crippen MR) is 102 cm³/mol. The van der Waals surface area contributed by atoms with Gasteiger partial charge in [-0.05, 0) is 42.7 Å². The van der Waals surface area contributed by atoms with Crippen LogP contribution in [0.5, 0.6) is 5.88 Å². The van der Waals surface area contributed by atoms with Crippen LogP contribution in [0.1, 0.15) is 30.7 Å². The average molecular weight is 407 g/mol. The van der Waals surface area contributed by atoms with Crippen molar-refractivity contribution in [2.45, 2.75) is 32.9 Å². The number of carbonyl (C=O) groups is 2. The Morgan fingerprint density at radius 2 is 2.07 bits per heavy atom. The topological polar surface area (TPSA) is 68.7 Å². The van der Waals surface area contributed by atoms with Gasteiger partial charge in [-0.2, -0.15) is 0 Å². The summed E-state index contributed by atoms with van der Waals surface area (Å²) in [6.45, 7) is 3.44. The van der Waals surface area contributed by atoms with Gasteiger partial charge in [0.25, 0.3) is 0 Å². The van der Waals surface area contributed by atoms with E-state index in [1.54, 1.807) is 23.1 Å². The third-order valence-electron chi connectivity index (χ3n) is 4.40. The molecule has 1 aromatic heterocycles. The summed E-state index contributed by atoms with van der Waals surface area (Å²) in [5.41, 5.74) is 2.64. The van der Waals surface area contributed by atoms with Crippen molar-refractivity contribution < 1.29 is 23.5 Å². The first-order chi connectivity index (χ1) is 13.4. The molecule has 2 heterocycles. The maximum atomic E-state index is 13.2. The number of alkyl halides is 1. The van der Waals surface area contributed by atoms with Crippen molar-refractivity contribution in [1.82, 2.24) is 4.98 Å². The fourth-order valence-corrected chi connectivity index (χ4v) is 3.20. The van der Waals surface area contributed by atoms with E-state index in [1.807, 2.05) is 6.92 Å². The molecule has 0 saturated carbocycles. The molecular weight excluding hydrogens is 387 g/mol. The van der Waals surface area contributed by atoms with Crippen LogP contribution in [-0.4, -0.2) is 35.4 Å². The molecule has 0 saturated heterocycles. The molecule has 3 rings (SSSR count). The number of anilines is 1. The molecule has 1 amide bonds. The van der Waals surface area contributed by atoms with Crippen LogP contribution in [-0.2, 0) is 27.4 Å². The van der Waals surface area contributed by atoms with Crippen LogP contribution in [0.15, 0.2) is 30.3 Å². The van der Waals surface area contributed by atoms with Gasteiger partial charge in [-0.3, -0.25) is 9.59 Å². The van der Waals surface area contributed by atoms with Gasteiger partial charge in [-0.15, -0.1) is 11.6 Å². The van der Waals surface area contributed by atoms with Crippen molar-refractivity contribution in [3.05, 3.63) is 53.0 Å². The van der Waals surface area contributed by atoms with E-state index in [1.165, 1.54) is 19.1 Å². The third kappa shape index (κ3) is 4.42. The number of esters is 1. The number of pyridine rings is 1. The Balaban J connectivity index is 2.03. The van der Waals surface area contributed by atoms with Crippen molar-refractivity contribution >= 4 is 29.2 Å². The summed E-state index contributed by atoms with van der Waals surface area (Å²) >= 11 is 5.77. The lowest BCUT2D eigenvalue weighted by Gasteiger charge is -2.34. The summed E-state index contributed by atoms with van der Waals surface area (Å²) in [4.78, 5) is 29.7. The van der Waals surface area contributed by atoms with Crippen LogP contribution in [0.3, 0.4) is 0 Å². The minimum Gasteiger partial charge on any atom is -0.474 e. The molecule has 1 aromatic carbocycles. The van der Waals surface area contributed by atoms with E-state index in [4.69, 9.17) is 21.1 Å². The quantitative estimate of drug-likeness (QED) is 0.563. The van der Waals surface area contributed by atoms with E-state index >= 15 is 0 Å². The van der Waals surface area contributed by atoms with E-state index in [0.29, 0.717) is 23.7 Å². The van der Waals surface area contributed by atoms with Gasteiger partial charge in [0, 0.05) is 6.92 Å². The lowest BCUT2D eigenvalue weighted by Crippen LogP contribution is -2.46. The molecule has 0 radical (unpaired) electrons. The summed E-state index contributed by atoms with van der Waals surface area (Å²) in [5.74, 6) is -0.872. The van der Waals surface area contributed by atoms with Gasteiger partial charge in [0.2, 0.25) is 11.8 Å². The number of hydrogen-bond acceptors (Lipinski definition) is 5. The number of amides is 1. The van der Waals surface area contributed by atoms with E-state index in [2.05, 4.69) is 4.98 Å². The summed E-state index contributed by atoms with van der Waals surface area (Å²) in [6, 6.07) is 7.70. The van der Waals surface area contributed by atoms with E-state index < -0.39 is 5.97 Å². The minimum atomic E-state index is -0.430. The van der Waals surface area contributed by atoms with E-state index in [9.17, 15) is 14.0 Å². The van der Waals surface area contributed by atoms with E-state index in [0.717, 1.165) is 11.1 Å². The van der Waals surface area contributed by atoms with Crippen molar-refractivity contribution in [3.63, 3.8) is 0 Å². The number of ether oxygens (including phenoxy) is 2. The summed E-state index contributed by atoms with van der Waals surface area (Å²) in [5, 5.41) is 0. The molecule has 0 unspecified atom stereocenters. The predicted octanol–water partition coefficient (Wildman–Crippen LogP) is 3.23. The average Bonchev–Trinajstić information content (AvgIpc) is 2.67. The summed E-state index contributed by atoms with van der Waals surface area (Å²) in [7, 11) is 0. The first-order valence-corrected chi connectivity index (χ1v) is 9.34. The maximum absolute atomic E-state index is 13.2. The number of rotatable bonds is 5. The van der Waals surface area contributed by atoms with Crippen LogP contribution in [0.2, 0.25) is 0 Å². The van der Waals surface area contributed by atoms with Gasteiger partial charge < -0.3 is 14.4 Å². The monoisotopic (exact) mass is 406 g/mol. The molecule has 8 heteroatoms. The molecule has 1 atom stereocenters. The zero-order valence-electron chi connectivity index (χ0n) is 15.6. The molecule has 0 N–H and O–H groups in total. The van der Waals surface area contributed by atoms with Crippen LogP contribution < -0.4 is 9.64 Å². The standard InChI is InChI=1S/C20H20ClFN2O4/c1-12-10-28-20-18(24(12)19(26)9-21)8-15(17(23-20)11-27-13(2)25)7-14-3-5-16(22)6-4-14/h3-6,8,12H,7,9-11H2,1-2H3/t12-/m0/s1. The largest absolute Gasteiger partial charge is 0.474 e. The molecule has 28 heavy (non-hydrogen) atoms. The van der Waals surface area contributed by atoms with Gasteiger partial charge in [0.15, 0.2) is 0 Å². The van der Waals surface area contributed by atoms with Crippen LogP contribution in [0.4, 0.5) is 10.1 Å². The molecule has 0 aliphatic carbocycles. The van der Waals surface area contributed by atoms with Gasteiger partial charge >= 0.3 is 5.97 Å². The normalized spacial score (nSPS) is 15.6. The Hall–Kier alpha value is -2.67. The smallest absolute Gasteiger partial charge is 0.303 e. The Labute approximate surface area is 167 Å². The number of fused-ring (bicyclic) bond motifs is 1. The number of halogens is 2. The minimum absolute atomic E-state index is 0.0263. The fourth-order valence-electron chi connectivity index (χ4n) is 3.07. The van der Waals surface area contributed by atoms with Crippen molar-refractivity contribution in [2.75, 3.05) is 17.4 Å². The first-order valence-electron chi connectivity index (χ1n) is 8.80. The second-order valence-corrected chi connectivity index (χ2v) is 6.83. The van der Waals surface area contributed by atoms with Crippen LogP contribution in [0.25, 0.3) is 0 Å². The highest BCUT2D eigenvalue weighted by atomic mass is 35.5.